The summed E-state index contributed by atoms with van der Waals surface area (Å²) in [5.74, 6) is -0.588. The Morgan fingerprint density at radius 3 is 1.21 bits per heavy atom. The van der Waals surface area contributed by atoms with Gasteiger partial charge in [0.05, 0.1) is 18.8 Å². The molecular weight excluding hydrogens is 647 g/mol. The minimum absolute atomic E-state index is 0.363. The van der Waals surface area contributed by atoms with Crippen molar-refractivity contribution in [3.05, 3.63) is 24.3 Å². The predicted octanol–water partition coefficient (Wildman–Crippen LogP) is 12.0. The van der Waals surface area contributed by atoms with Gasteiger partial charge in [0, 0.05) is 0 Å². The van der Waals surface area contributed by atoms with Gasteiger partial charge in [-0.05, 0) is 44.9 Å². The molecule has 4 unspecified atom stereocenters. The number of nitrogens with one attached hydrogen (secondary N) is 1. The van der Waals surface area contributed by atoms with E-state index in [1.165, 1.54) is 161 Å². The third-order valence-electron chi connectivity index (χ3n) is 10.7. The molecule has 0 spiro atoms. The van der Waals surface area contributed by atoms with E-state index < -0.39 is 36.9 Å². The first kappa shape index (κ1) is 50.8. The average Bonchev–Trinajstić information content (AvgIpc) is 3.15. The Balaban J connectivity index is 3.70. The van der Waals surface area contributed by atoms with Crippen molar-refractivity contribution in [3.63, 3.8) is 0 Å². The van der Waals surface area contributed by atoms with Crippen LogP contribution < -0.4 is 5.32 Å². The van der Waals surface area contributed by atoms with Gasteiger partial charge in [-0.15, -0.1) is 0 Å². The normalized spacial score (nSPS) is 14.3. The molecule has 52 heavy (non-hydrogen) atoms. The summed E-state index contributed by atoms with van der Waals surface area (Å²) in [4.78, 5) is 12.5. The minimum Gasteiger partial charge on any atom is -0.394 e. The fourth-order valence-electron chi connectivity index (χ4n) is 7.02. The first-order valence-corrected chi connectivity index (χ1v) is 22.7. The zero-order chi connectivity index (χ0) is 38.2. The Labute approximate surface area is 323 Å². The second-order valence-electron chi connectivity index (χ2n) is 15.8. The second kappa shape index (κ2) is 41.0. The molecule has 0 fully saturated rings. The van der Waals surface area contributed by atoms with Crippen molar-refractivity contribution >= 4 is 5.91 Å². The van der Waals surface area contributed by atoms with Crippen LogP contribution in [0, 0.1) is 0 Å². The maximum absolute atomic E-state index is 12.5. The zero-order valence-electron chi connectivity index (χ0n) is 34.6. The lowest BCUT2D eigenvalue weighted by Crippen LogP contribution is -2.53. The molecular formula is C46H89NO5. The average molecular weight is 736 g/mol. The summed E-state index contributed by atoms with van der Waals surface area (Å²) in [6.07, 6.45) is 46.4. The van der Waals surface area contributed by atoms with Crippen LogP contribution in [-0.4, -0.2) is 57.3 Å². The Morgan fingerprint density at radius 2 is 0.827 bits per heavy atom. The molecule has 0 rings (SSSR count). The van der Waals surface area contributed by atoms with Crippen LogP contribution in [0.3, 0.4) is 0 Å². The number of hydrogen-bond donors (Lipinski definition) is 5. The van der Waals surface area contributed by atoms with E-state index in [-0.39, 0.29) is 0 Å². The number of rotatable bonds is 41. The molecule has 0 aliphatic carbocycles. The number of hydrogen-bond acceptors (Lipinski definition) is 5. The quantitative estimate of drug-likeness (QED) is 0.0317. The molecule has 0 aromatic carbocycles. The van der Waals surface area contributed by atoms with Gasteiger partial charge >= 0.3 is 0 Å². The van der Waals surface area contributed by atoms with Crippen molar-refractivity contribution in [3.8, 4) is 0 Å². The van der Waals surface area contributed by atoms with Crippen molar-refractivity contribution in [2.24, 2.45) is 0 Å². The van der Waals surface area contributed by atoms with Gasteiger partial charge in [-0.1, -0.05) is 212 Å². The van der Waals surface area contributed by atoms with Gasteiger partial charge in [-0.25, -0.2) is 0 Å². The fraction of sp³-hybridized carbons (Fsp3) is 0.891. The van der Waals surface area contributed by atoms with E-state index in [0.29, 0.717) is 12.8 Å². The second-order valence-corrected chi connectivity index (χ2v) is 15.8. The molecule has 308 valence electrons. The van der Waals surface area contributed by atoms with Crippen LogP contribution in [0.1, 0.15) is 232 Å². The Bertz CT molecular complexity index is 787. The van der Waals surface area contributed by atoms with Crippen LogP contribution in [0.15, 0.2) is 24.3 Å². The number of aliphatic hydroxyl groups excluding tert-OH is 4. The van der Waals surface area contributed by atoms with Crippen LogP contribution in [0.4, 0.5) is 0 Å². The van der Waals surface area contributed by atoms with Gasteiger partial charge in [0.25, 0.3) is 0 Å². The highest BCUT2D eigenvalue weighted by Gasteiger charge is 2.28. The molecule has 6 nitrogen and oxygen atoms in total. The first-order chi connectivity index (χ1) is 25.5. The van der Waals surface area contributed by atoms with E-state index in [1.54, 1.807) is 0 Å². The minimum atomic E-state index is -1.26. The van der Waals surface area contributed by atoms with Crippen molar-refractivity contribution in [2.75, 3.05) is 6.61 Å². The fourth-order valence-corrected chi connectivity index (χ4v) is 7.02. The summed E-state index contributed by atoms with van der Waals surface area (Å²) in [5, 5.41) is 43.6. The maximum atomic E-state index is 12.5. The molecule has 0 saturated carbocycles. The molecule has 0 aromatic heterocycles. The van der Waals surface area contributed by atoms with E-state index in [9.17, 15) is 25.2 Å². The lowest BCUT2D eigenvalue weighted by Gasteiger charge is -2.27. The summed E-state index contributed by atoms with van der Waals surface area (Å²) in [6.45, 7) is 4.04. The number of allylic oxidation sites excluding steroid dienone is 4. The topological polar surface area (TPSA) is 110 Å². The van der Waals surface area contributed by atoms with Gasteiger partial charge in [0.2, 0.25) is 5.91 Å². The van der Waals surface area contributed by atoms with Crippen LogP contribution in [0.25, 0.3) is 0 Å². The Kier molecular flexibility index (Phi) is 40.0. The van der Waals surface area contributed by atoms with Crippen LogP contribution in [0.5, 0.6) is 0 Å². The van der Waals surface area contributed by atoms with Crippen LogP contribution in [0.2, 0.25) is 0 Å². The zero-order valence-corrected chi connectivity index (χ0v) is 34.6. The molecule has 0 aliphatic heterocycles. The molecule has 0 heterocycles. The molecule has 0 saturated heterocycles. The van der Waals surface area contributed by atoms with Crippen LogP contribution >= 0.6 is 0 Å². The van der Waals surface area contributed by atoms with Gasteiger partial charge < -0.3 is 25.7 Å². The number of carbonyl (C=O) groups excluding carboxylic acids is 1. The van der Waals surface area contributed by atoms with E-state index in [2.05, 4.69) is 43.5 Å². The van der Waals surface area contributed by atoms with Crippen molar-refractivity contribution in [1.29, 1.82) is 0 Å². The molecule has 4 atom stereocenters. The first-order valence-electron chi connectivity index (χ1n) is 22.7. The largest absolute Gasteiger partial charge is 0.394 e. The summed E-state index contributed by atoms with van der Waals surface area (Å²) in [6, 6.07) is -0.985. The summed E-state index contributed by atoms with van der Waals surface area (Å²) >= 11 is 0. The van der Waals surface area contributed by atoms with Crippen molar-refractivity contribution in [2.45, 2.75) is 257 Å². The standard InChI is InChI=1S/C46H89NO5/c1-3-5-7-9-11-13-15-17-18-19-20-21-22-23-24-25-26-27-28-30-32-34-36-38-40-44(50)46(52)47-42(41-48)45(51)43(49)39-37-35-33-31-29-16-14-12-10-8-6-4-2/h20-21,23-24,42-45,48-51H,3-19,22,25-41H2,1-2H3,(H,47,52)/b21-20-,24-23-. The monoisotopic (exact) mass is 736 g/mol. The third-order valence-corrected chi connectivity index (χ3v) is 10.7. The van der Waals surface area contributed by atoms with E-state index in [1.807, 2.05) is 0 Å². The SMILES string of the molecule is CCCCCCCCCCC/C=C\C/C=C\CCCCCCCCCCC(O)C(=O)NC(CO)C(O)C(O)CCCCCCCCCCCCCC. The molecule has 6 heteroatoms. The number of aliphatic hydroxyl groups is 4. The lowest BCUT2D eigenvalue weighted by molar-refractivity contribution is -0.132. The van der Waals surface area contributed by atoms with Gasteiger partial charge in [0.15, 0.2) is 0 Å². The van der Waals surface area contributed by atoms with E-state index in [4.69, 9.17) is 0 Å². The van der Waals surface area contributed by atoms with E-state index >= 15 is 0 Å². The van der Waals surface area contributed by atoms with Gasteiger partial charge in [-0.3, -0.25) is 4.79 Å². The number of amides is 1. The molecule has 0 bridgehead atoms. The summed E-state index contributed by atoms with van der Waals surface area (Å²) in [5.41, 5.74) is 0. The Morgan fingerprint density at radius 1 is 0.481 bits per heavy atom. The van der Waals surface area contributed by atoms with Crippen molar-refractivity contribution in [1.82, 2.24) is 5.32 Å². The number of unbranched alkanes of at least 4 members (excludes halogenated alkanes) is 28. The van der Waals surface area contributed by atoms with Gasteiger partial charge in [-0.2, -0.15) is 0 Å². The summed E-state index contributed by atoms with van der Waals surface area (Å²) in [7, 11) is 0. The van der Waals surface area contributed by atoms with Crippen LogP contribution in [-0.2, 0) is 4.79 Å². The number of carbonyl (C=O) groups is 1. The summed E-state index contributed by atoms with van der Waals surface area (Å²) < 4.78 is 0. The molecule has 0 radical (unpaired) electrons. The third kappa shape index (κ3) is 34.6. The van der Waals surface area contributed by atoms with Gasteiger partial charge in [0.1, 0.15) is 12.2 Å². The predicted molar refractivity (Wildman–Crippen MR) is 224 cm³/mol. The lowest BCUT2D eigenvalue weighted by atomic mass is 9.99. The highest BCUT2D eigenvalue weighted by atomic mass is 16.3. The van der Waals surface area contributed by atoms with E-state index in [0.717, 1.165) is 44.9 Å². The molecule has 1 amide bonds. The highest BCUT2D eigenvalue weighted by Crippen LogP contribution is 2.16. The maximum Gasteiger partial charge on any atom is 0.249 e. The molecule has 0 aromatic rings. The molecule has 5 N–H and O–H groups in total. The smallest absolute Gasteiger partial charge is 0.249 e. The molecule has 0 aliphatic rings. The Hall–Kier alpha value is -1.21. The highest BCUT2D eigenvalue weighted by molar-refractivity contribution is 5.80. The van der Waals surface area contributed by atoms with Crippen molar-refractivity contribution < 1.29 is 25.2 Å².